The molecule has 2 aromatic rings. The average molecular weight is 310 g/mol. The van der Waals surface area contributed by atoms with E-state index >= 15 is 0 Å². The Labute approximate surface area is 134 Å². The number of rotatable bonds is 5. The Balaban J connectivity index is 1.59. The molecule has 5 nitrogen and oxygen atoms in total. The van der Waals surface area contributed by atoms with E-state index in [4.69, 9.17) is 4.42 Å². The van der Waals surface area contributed by atoms with E-state index in [0.29, 0.717) is 23.7 Å². The number of nitrogens with one attached hydrogen (secondary N) is 2. The molecule has 1 atom stereocenters. The first-order chi connectivity index (χ1) is 11.2. The van der Waals surface area contributed by atoms with Crippen LogP contribution in [0.2, 0.25) is 0 Å². The van der Waals surface area contributed by atoms with Crippen molar-refractivity contribution in [3.05, 3.63) is 60.6 Å². The summed E-state index contributed by atoms with van der Waals surface area (Å²) in [5, 5.41) is 5.61. The number of benzene rings is 1. The van der Waals surface area contributed by atoms with Crippen molar-refractivity contribution < 1.29 is 14.0 Å². The molecule has 1 aromatic heterocycles. The van der Waals surface area contributed by atoms with Gasteiger partial charge in [-0.25, -0.2) is 0 Å². The first kappa shape index (κ1) is 15.1. The van der Waals surface area contributed by atoms with Gasteiger partial charge in [0.2, 0.25) is 5.91 Å². The second kappa shape index (κ2) is 6.96. The number of hydrogen-bond donors (Lipinski definition) is 2. The van der Waals surface area contributed by atoms with Gasteiger partial charge in [0.05, 0.1) is 6.26 Å². The minimum Gasteiger partial charge on any atom is -0.459 e. The molecular formula is C18H18N2O3. The molecule has 2 N–H and O–H groups in total. The summed E-state index contributed by atoms with van der Waals surface area (Å²) in [5.74, 6) is 0.231. The first-order valence-corrected chi connectivity index (χ1v) is 7.62. The molecule has 0 bridgehead atoms. The van der Waals surface area contributed by atoms with E-state index in [-0.39, 0.29) is 17.6 Å². The molecule has 118 valence electrons. The number of allylic oxidation sites excluding steroid dienone is 2. The molecule has 0 aliphatic heterocycles. The van der Waals surface area contributed by atoms with Gasteiger partial charge < -0.3 is 15.1 Å². The summed E-state index contributed by atoms with van der Waals surface area (Å²) in [6, 6.07) is 10.3. The number of hydrogen-bond acceptors (Lipinski definition) is 3. The molecule has 1 aliphatic carbocycles. The van der Waals surface area contributed by atoms with Crippen molar-refractivity contribution in [2.45, 2.75) is 19.3 Å². The van der Waals surface area contributed by atoms with Gasteiger partial charge in [-0.2, -0.15) is 0 Å². The second-order valence-corrected chi connectivity index (χ2v) is 5.53. The lowest BCUT2D eigenvalue weighted by atomic mass is 10.1. The highest BCUT2D eigenvalue weighted by Crippen LogP contribution is 2.22. The summed E-state index contributed by atoms with van der Waals surface area (Å²) in [6.45, 7) is 0. The van der Waals surface area contributed by atoms with Gasteiger partial charge >= 0.3 is 0 Å². The quantitative estimate of drug-likeness (QED) is 0.825. The van der Waals surface area contributed by atoms with Crippen LogP contribution in [-0.4, -0.2) is 11.8 Å². The Hall–Kier alpha value is -2.82. The number of carbonyl (C=O) groups excluding carboxylic acids is 2. The Kier molecular flexibility index (Phi) is 4.57. The predicted molar refractivity (Wildman–Crippen MR) is 88.2 cm³/mol. The lowest BCUT2D eigenvalue weighted by Gasteiger charge is -2.10. The minimum absolute atomic E-state index is 0.0175. The number of anilines is 2. The van der Waals surface area contributed by atoms with Crippen LogP contribution in [0.1, 0.15) is 29.8 Å². The first-order valence-electron chi connectivity index (χ1n) is 7.62. The lowest BCUT2D eigenvalue weighted by Crippen LogP contribution is -2.15. The monoisotopic (exact) mass is 310 g/mol. The molecular weight excluding hydrogens is 292 g/mol. The van der Waals surface area contributed by atoms with Crippen LogP contribution >= 0.6 is 0 Å². The Morgan fingerprint density at radius 2 is 1.96 bits per heavy atom. The Bertz CT molecular complexity index is 720. The zero-order chi connectivity index (χ0) is 16.1. The van der Waals surface area contributed by atoms with Crippen molar-refractivity contribution in [3.8, 4) is 0 Å². The fourth-order valence-electron chi connectivity index (χ4n) is 2.59. The van der Waals surface area contributed by atoms with Crippen LogP contribution in [0.15, 0.2) is 59.2 Å². The summed E-state index contributed by atoms with van der Waals surface area (Å²) >= 11 is 0. The summed E-state index contributed by atoms with van der Waals surface area (Å²) in [5.41, 5.74) is 1.26. The molecule has 2 amide bonds. The minimum atomic E-state index is -0.324. The van der Waals surface area contributed by atoms with Crippen molar-refractivity contribution in [1.29, 1.82) is 0 Å². The van der Waals surface area contributed by atoms with Gasteiger partial charge in [-0.3, -0.25) is 9.59 Å². The van der Waals surface area contributed by atoms with E-state index in [0.717, 1.165) is 12.8 Å². The van der Waals surface area contributed by atoms with E-state index < -0.39 is 0 Å². The number of furan rings is 1. The van der Waals surface area contributed by atoms with Crippen molar-refractivity contribution in [2.75, 3.05) is 10.6 Å². The smallest absolute Gasteiger partial charge is 0.291 e. The molecule has 1 heterocycles. The normalized spacial score (nSPS) is 16.3. The van der Waals surface area contributed by atoms with Crippen LogP contribution in [0, 0.1) is 5.92 Å². The zero-order valence-corrected chi connectivity index (χ0v) is 12.6. The molecule has 0 fully saturated rings. The third kappa shape index (κ3) is 4.10. The lowest BCUT2D eigenvalue weighted by molar-refractivity contribution is -0.116. The van der Waals surface area contributed by atoms with E-state index in [1.807, 2.05) is 0 Å². The molecule has 5 heteroatoms. The molecule has 1 aromatic carbocycles. The van der Waals surface area contributed by atoms with E-state index in [9.17, 15) is 9.59 Å². The molecule has 1 aliphatic rings. The standard InChI is InChI=1S/C18H18N2O3/c21-17(11-13-5-1-2-6-13)19-14-7-3-8-15(12-14)20-18(22)16-9-4-10-23-16/h1,3-5,7-10,12-13H,2,6,11H2,(H,19,21)(H,20,22)/t13-/m1/s1. The largest absolute Gasteiger partial charge is 0.459 e. The predicted octanol–water partition coefficient (Wildman–Crippen LogP) is 3.83. The van der Waals surface area contributed by atoms with Gasteiger partial charge in [0.25, 0.3) is 5.91 Å². The van der Waals surface area contributed by atoms with Crippen molar-refractivity contribution in [3.63, 3.8) is 0 Å². The third-order valence-corrected chi connectivity index (χ3v) is 3.71. The summed E-state index contributed by atoms with van der Waals surface area (Å²) < 4.78 is 5.05. The van der Waals surface area contributed by atoms with Crippen molar-refractivity contribution in [2.24, 2.45) is 5.92 Å². The van der Waals surface area contributed by atoms with Crippen LogP contribution in [0.3, 0.4) is 0 Å². The second-order valence-electron chi connectivity index (χ2n) is 5.53. The fraction of sp³-hybridized carbons (Fsp3) is 0.222. The van der Waals surface area contributed by atoms with Crippen LogP contribution in [0.5, 0.6) is 0 Å². The van der Waals surface area contributed by atoms with E-state index in [1.54, 1.807) is 36.4 Å². The molecule has 0 radical (unpaired) electrons. The maximum absolute atomic E-state index is 12.0. The Morgan fingerprint density at radius 1 is 1.13 bits per heavy atom. The fourth-order valence-corrected chi connectivity index (χ4v) is 2.59. The van der Waals surface area contributed by atoms with Gasteiger partial charge in [0.15, 0.2) is 5.76 Å². The van der Waals surface area contributed by atoms with Gasteiger partial charge in [0, 0.05) is 17.8 Å². The highest BCUT2D eigenvalue weighted by Gasteiger charge is 2.14. The van der Waals surface area contributed by atoms with Gasteiger partial charge in [0.1, 0.15) is 0 Å². The topological polar surface area (TPSA) is 71.3 Å². The van der Waals surface area contributed by atoms with Gasteiger partial charge in [-0.1, -0.05) is 18.2 Å². The summed E-state index contributed by atoms with van der Waals surface area (Å²) in [6.07, 6.45) is 8.23. The van der Waals surface area contributed by atoms with Crippen LogP contribution < -0.4 is 10.6 Å². The van der Waals surface area contributed by atoms with Gasteiger partial charge in [-0.15, -0.1) is 0 Å². The number of amides is 2. The maximum atomic E-state index is 12.0. The zero-order valence-electron chi connectivity index (χ0n) is 12.6. The summed E-state index contributed by atoms with van der Waals surface area (Å²) in [4.78, 5) is 24.0. The van der Waals surface area contributed by atoms with Crippen LogP contribution in [0.25, 0.3) is 0 Å². The molecule has 0 saturated carbocycles. The van der Waals surface area contributed by atoms with E-state index in [2.05, 4.69) is 22.8 Å². The van der Waals surface area contributed by atoms with Gasteiger partial charge in [-0.05, 0) is 49.1 Å². The molecule has 23 heavy (non-hydrogen) atoms. The molecule has 0 saturated heterocycles. The number of carbonyl (C=O) groups is 2. The third-order valence-electron chi connectivity index (χ3n) is 3.71. The SMILES string of the molecule is O=C(C[C@@H]1C=CCC1)Nc1cccc(NC(=O)c2ccco2)c1. The van der Waals surface area contributed by atoms with E-state index in [1.165, 1.54) is 6.26 Å². The summed E-state index contributed by atoms with van der Waals surface area (Å²) in [7, 11) is 0. The molecule has 0 spiro atoms. The van der Waals surface area contributed by atoms with Crippen molar-refractivity contribution in [1.82, 2.24) is 0 Å². The molecule has 0 unspecified atom stereocenters. The highest BCUT2D eigenvalue weighted by molar-refractivity contribution is 6.02. The van der Waals surface area contributed by atoms with Crippen LogP contribution in [-0.2, 0) is 4.79 Å². The molecule has 3 rings (SSSR count). The van der Waals surface area contributed by atoms with Crippen LogP contribution in [0.4, 0.5) is 11.4 Å². The average Bonchev–Trinajstić information content (AvgIpc) is 3.20. The maximum Gasteiger partial charge on any atom is 0.291 e. The highest BCUT2D eigenvalue weighted by atomic mass is 16.3. The van der Waals surface area contributed by atoms with Crippen molar-refractivity contribution >= 4 is 23.2 Å². The Morgan fingerprint density at radius 3 is 2.65 bits per heavy atom.